The van der Waals surface area contributed by atoms with E-state index >= 15 is 0 Å². The molecule has 3 heterocycles. The smallest absolute Gasteiger partial charge is 0.174 e. The van der Waals surface area contributed by atoms with Gasteiger partial charge in [0.05, 0.1) is 12.1 Å². The van der Waals surface area contributed by atoms with Crippen molar-refractivity contribution in [2.24, 2.45) is 0 Å². The lowest BCUT2D eigenvalue weighted by Gasteiger charge is -2.30. The first-order valence-electron chi connectivity index (χ1n) is 8.47. The van der Waals surface area contributed by atoms with Crippen LogP contribution < -0.4 is 0 Å². The van der Waals surface area contributed by atoms with Crippen molar-refractivity contribution in [3.05, 3.63) is 0 Å². The van der Waals surface area contributed by atoms with Gasteiger partial charge in [0, 0.05) is 53.5 Å². The number of aliphatic hydroxyl groups is 1. The van der Waals surface area contributed by atoms with E-state index in [1.807, 2.05) is 0 Å². The topological polar surface area (TPSA) is 98.8 Å². The molecule has 1 N–H and O–H groups in total. The highest BCUT2D eigenvalue weighted by atomic mass is 19.1. The lowest BCUT2D eigenvalue weighted by Crippen LogP contribution is -2.42. The Hall–Kier alpha value is -1.25. The molecule has 130 valence electrons. The molecule has 0 radical (unpaired) electrons. The van der Waals surface area contributed by atoms with E-state index in [2.05, 4.69) is 6.07 Å². The third-order valence-corrected chi connectivity index (χ3v) is 4.17. The number of nitriles is 2. The number of hydrogen-bond donors (Lipinski definition) is 1. The van der Waals surface area contributed by atoms with E-state index in [0.717, 1.165) is 26.1 Å². The number of hydrogen-bond acceptors (Lipinski definition) is 6. The Kier molecular flexibility index (Phi) is 7.19. The monoisotopic (exact) mass is 329 g/mol. The molecule has 0 aromatic heterocycles. The summed E-state index contributed by atoms with van der Waals surface area (Å²) in [7, 11) is 0. The summed E-state index contributed by atoms with van der Waals surface area (Å²) in [5, 5.41) is 25.7. The van der Waals surface area contributed by atoms with Gasteiger partial charge < -0.3 is 19.3 Å². The van der Waals surface area contributed by atoms with Crippen LogP contribution in [0.25, 0.3) is 0 Å². The predicted molar refractivity (Wildman–Crippen MR) is 80.1 cm³/mol. The summed E-state index contributed by atoms with van der Waals surface area (Å²) < 4.78 is 34.9. The summed E-state index contributed by atoms with van der Waals surface area (Å²) >= 11 is 0. The molecule has 0 aliphatic carbocycles. The van der Waals surface area contributed by atoms with Crippen LogP contribution in [0.4, 0.5) is 4.39 Å². The van der Waals surface area contributed by atoms with Crippen LogP contribution in [0.2, 0.25) is 0 Å². The van der Waals surface area contributed by atoms with Crippen LogP contribution in [0.3, 0.4) is 0 Å². The third-order valence-electron chi connectivity index (χ3n) is 4.17. The van der Waals surface area contributed by atoms with Crippen LogP contribution in [0, 0.1) is 22.7 Å². The van der Waals surface area contributed by atoms with Crippen LogP contribution in [-0.2, 0) is 14.2 Å². The van der Waals surface area contributed by atoms with Gasteiger partial charge in [-0.2, -0.15) is 10.5 Å². The van der Waals surface area contributed by atoms with Gasteiger partial charge in [-0.05, 0) is 0 Å². The largest absolute Gasteiger partial charge is 0.381 e. The van der Waals surface area contributed by atoms with Gasteiger partial charge >= 0.3 is 0 Å². The molecule has 3 rings (SSSR count). The van der Waals surface area contributed by atoms with Gasteiger partial charge in [-0.1, -0.05) is 13.8 Å². The minimum atomic E-state index is -1.74. The molecule has 23 heavy (non-hydrogen) atoms. The first-order chi connectivity index (χ1) is 11.5. The first kappa shape index (κ1) is 18.1. The maximum absolute atomic E-state index is 13.4. The second kappa shape index (κ2) is 9.14. The fourth-order valence-electron chi connectivity index (χ4n) is 2.54. The van der Waals surface area contributed by atoms with Gasteiger partial charge in [0.1, 0.15) is 5.60 Å². The molecule has 6 nitrogen and oxygen atoms in total. The molecule has 3 aliphatic heterocycles. The predicted octanol–water partition coefficient (Wildman–Crippen LogP) is 1.87. The minimum absolute atomic E-state index is 0.0903. The highest BCUT2D eigenvalue weighted by Crippen LogP contribution is 2.44. The Morgan fingerprint density at radius 1 is 1.17 bits per heavy atom. The van der Waals surface area contributed by atoms with Crippen molar-refractivity contribution in [3.8, 4) is 12.1 Å². The maximum Gasteiger partial charge on any atom is 0.174 e. The molecule has 1 spiro atoms. The quantitative estimate of drug-likeness (QED) is 0.582. The minimum Gasteiger partial charge on any atom is -0.381 e. The van der Waals surface area contributed by atoms with Gasteiger partial charge in [-0.15, -0.1) is 0 Å². The van der Waals surface area contributed by atoms with Crippen LogP contribution in [0.15, 0.2) is 0 Å². The standard InChI is InChI=1S/C7H10FNO2.C7H9NO2.C2H6/c8-7(6(10)5-9)1-3-11-4-2-7;8-5-6-7(10-6)1-3-9-4-2-7;1-2/h6,10H,1-4H2;6H,1-4H2;1-2H3/i;;1D. The van der Waals surface area contributed by atoms with Crippen molar-refractivity contribution in [1.82, 2.24) is 0 Å². The highest BCUT2D eigenvalue weighted by Gasteiger charge is 2.57. The summed E-state index contributed by atoms with van der Waals surface area (Å²) in [4.78, 5) is 0. The molecule has 0 aromatic rings. The Balaban J connectivity index is 0.000000207. The molecule has 0 bridgehead atoms. The number of halogens is 1. The lowest BCUT2D eigenvalue weighted by atomic mass is 9.91. The molecule has 0 saturated carbocycles. The molecule has 3 fully saturated rings. The zero-order valence-electron chi connectivity index (χ0n) is 14.5. The number of epoxide rings is 1. The maximum atomic E-state index is 13.4. The molecule has 2 atom stereocenters. The highest BCUT2D eigenvalue weighted by molar-refractivity contribution is 5.14. The molecule has 7 heteroatoms. The molecule has 2 unspecified atom stereocenters. The van der Waals surface area contributed by atoms with Gasteiger partial charge in [-0.25, -0.2) is 4.39 Å². The van der Waals surface area contributed by atoms with Gasteiger partial charge in [0.25, 0.3) is 0 Å². The Morgan fingerprint density at radius 2 is 1.65 bits per heavy atom. The van der Waals surface area contributed by atoms with Crippen LogP contribution in [0.5, 0.6) is 0 Å². The van der Waals surface area contributed by atoms with Crippen LogP contribution in [-0.4, -0.2) is 55.0 Å². The Morgan fingerprint density at radius 3 is 2.04 bits per heavy atom. The van der Waals surface area contributed by atoms with Crippen LogP contribution in [0.1, 0.15) is 40.9 Å². The lowest BCUT2D eigenvalue weighted by molar-refractivity contribution is -0.0614. The fraction of sp³-hybridized carbons (Fsp3) is 0.875. The van der Waals surface area contributed by atoms with Crippen molar-refractivity contribution in [2.75, 3.05) is 26.4 Å². The van der Waals surface area contributed by atoms with Gasteiger partial charge in [0.2, 0.25) is 0 Å². The normalized spacial score (nSPS) is 28.4. The molecule has 3 saturated heterocycles. The molecule has 0 aromatic carbocycles. The molecular formula is C16H25FN2O4. The number of ether oxygens (including phenoxy) is 3. The average molecular weight is 329 g/mol. The number of rotatable bonds is 1. The molecular weight excluding hydrogens is 303 g/mol. The van der Waals surface area contributed by atoms with Gasteiger partial charge in [0.15, 0.2) is 17.9 Å². The molecule has 0 amide bonds. The fourth-order valence-corrected chi connectivity index (χ4v) is 2.54. The van der Waals surface area contributed by atoms with Crippen molar-refractivity contribution >= 4 is 0 Å². The molecule has 3 aliphatic rings. The average Bonchev–Trinajstić information content (AvgIpc) is 3.28. The summed E-state index contributed by atoms with van der Waals surface area (Å²) in [6.45, 7) is 4.36. The van der Waals surface area contributed by atoms with E-state index < -0.39 is 11.8 Å². The number of nitrogens with zero attached hydrogens (tertiary/aromatic N) is 2. The zero-order chi connectivity index (χ0) is 18.1. The number of alkyl halides is 1. The summed E-state index contributed by atoms with van der Waals surface area (Å²) in [5.41, 5.74) is -1.83. The first-order valence-corrected chi connectivity index (χ1v) is 7.76. The zero-order valence-corrected chi connectivity index (χ0v) is 13.5. The second-order valence-corrected chi connectivity index (χ2v) is 5.48. The second-order valence-electron chi connectivity index (χ2n) is 5.48. The Labute approximate surface area is 138 Å². The number of aliphatic hydroxyl groups excluding tert-OH is 1. The van der Waals surface area contributed by atoms with E-state index in [1.165, 1.54) is 6.07 Å². The summed E-state index contributed by atoms with van der Waals surface area (Å²) in [5.74, 6) is 0. The van der Waals surface area contributed by atoms with Crippen molar-refractivity contribution in [3.63, 3.8) is 0 Å². The van der Waals surface area contributed by atoms with Crippen LogP contribution >= 0.6 is 0 Å². The van der Waals surface area contributed by atoms with Crippen molar-refractivity contribution in [1.29, 1.82) is 10.5 Å². The van der Waals surface area contributed by atoms with E-state index in [1.54, 1.807) is 6.92 Å². The Bertz CT molecular complexity index is 454. The van der Waals surface area contributed by atoms with Gasteiger partial charge in [-0.3, -0.25) is 0 Å². The third kappa shape index (κ3) is 5.12. The van der Waals surface area contributed by atoms with Crippen molar-refractivity contribution < 1.29 is 25.1 Å². The van der Waals surface area contributed by atoms with E-state index in [9.17, 15) is 4.39 Å². The SMILES string of the molecule is N#CC(O)C1(F)CCOCC1.N#CC1OC12CCOCC2.[2H]CC. The summed E-state index contributed by atoms with van der Waals surface area (Å²) in [6.07, 6.45) is 0.364. The summed E-state index contributed by atoms with van der Waals surface area (Å²) in [6, 6.07) is 3.62. The van der Waals surface area contributed by atoms with E-state index in [4.69, 9.17) is 31.2 Å². The van der Waals surface area contributed by atoms with E-state index in [-0.39, 0.29) is 37.8 Å². The van der Waals surface area contributed by atoms with E-state index in [0.29, 0.717) is 6.90 Å². The van der Waals surface area contributed by atoms with Crippen molar-refractivity contribution in [2.45, 2.75) is 63.0 Å².